The first-order chi connectivity index (χ1) is 10.5. The summed E-state index contributed by atoms with van der Waals surface area (Å²) in [5, 5.41) is 11.0. The predicted molar refractivity (Wildman–Crippen MR) is 89.4 cm³/mol. The van der Waals surface area contributed by atoms with E-state index in [0.717, 1.165) is 11.1 Å². The number of rotatable bonds is 6. The Kier molecular flexibility index (Phi) is 5.95. The number of aliphatic hydroxyl groups excluding tert-OH is 1. The van der Waals surface area contributed by atoms with E-state index in [-0.39, 0.29) is 13.2 Å². The third-order valence-corrected chi connectivity index (χ3v) is 3.76. The van der Waals surface area contributed by atoms with Crippen LogP contribution in [-0.4, -0.2) is 24.4 Å². The molecule has 0 aliphatic rings. The average Bonchev–Trinajstić information content (AvgIpc) is 2.46. The highest BCUT2D eigenvalue weighted by atomic mass is 35.5. The fourth-order valence-corrected chi connectivity index (χ4v) is 2.56. The third kappa shape index (κ3) is 4.29. The Hall–Kier alpha value is -1.42. The van der Waals surface area contributed by atoms with E-state index < -0.39 is 6.10 Å². The van der Waals surface area contributed by atoms with Gasteiger partial charge in [-0.1, -0.05) is 47.5 Å². The number of ether oxygens (including phenoxy) is 2. The second-order valence-corrected chi connectivity index (χ2v) is 5.86. The number of aliphatic hydroxyl groups is 1. The molecule has 0 bridgehead atoms. The van der Waals surface area contributed by atoms with Crippen molar-refractivity contribution in [3.05, 3.63) is 57.6 Å². The van der Waals surface area contributed by atoms with Crippen molar-refractivity contribution in [1.82, 2.24) is 0 Å². The number of halogens is 2. The van der Waals surface area contributed by atoms with Gasteiger partial charge < -0.3 is 14.6 Å². The summed E-state index contributed by atoms with van der Waals surface area (Å²) in [7, 11) is 0. The lowest BCUT2D eigenvalue weighted by Gasteiger charge is -2.17. The molecule has 118 valence electrons. The molecule has 0 heterocycles. The molecule has 2 rings (SSSR count). The third-order valence-electron chi connectivity index (χ3n) is 3.17. The fraction of sp³-hybridized carbons (Fsp3) is 0.294. The highest BCUT2D eigenvalue weighted by Gasteiger charge is 2.12. The molecular weight excluding hydrogens is 323 g/mol. The summed E-state index contributed by atoms with van der Waals surface area (Å²) in [4.78, 5) is 0. The minimum atomic E-state index is -0.786. The van der Waals surface area contributed by atoms with Crippen LogP contribution in [0.25, 0.3) is 0 Å². The second-order valence-electron chi connectivity index (χ2n) is 5.05. The van der Waals surface area contributed by atoms with Crippen LogP contribution in [0.5, 0.6) is 11.5 Å². The van der Waals surface area contributed by atoms with Gasteiger partial charge in [0, 0.05) is 0 Å². The van der Waals surface area contributed by atoms with Crippen molar-refractivity contribution in [3.63, 3.8) is 0 Å². The molecule has 0 aliphatic carbocycles. The smallest absolute Gasteiger partial charge is 0.140 e. The van der Waals surface area contributed by atoms with E-state index in [1.54, 1.807) is 12.1 Å². The van der Waals surface area contributed by atoms with Crippen molar-refractivity contribution in [2.75, 3.05) is 13.2 Å². The molecule has 0 unspecified atom stereocenters. The van der Waals surface area contributed by atoms with Crippen LogP contribution >= 0.6 is 23.2 Å². The molecule has 0 radical (unpaired) electrons. The van der Waals surface area contributed by atoms with Crippen LogP contribution in [0.15, 0.2) is 36.4 Å². The molecule has 0 fully saturated rings. The Balaban J connectivity index is 1.90. The molecule has 0 spiro atoms. The molecule has 2 aromatic carbocycles. The Morgan fingerprint density at radius 3 is 1.64 bits per heavy atom. The molecule has 22 heavy (non-hydrogen) atoms. The molecule has 5 heteroatoms. The van der Waals surface area contributed by atoms with Gasteiger partial charge in [-0.2, -0.15) is 0 Å². The number of aryl methyl sites for hydroxylation is 2. The maximum absolute atomic E-state index is 10.00. The van der Waals surface area contributed by atoms with Crippen LogP contribution in [0, 0.1) is 13.8 Å². The van der Waals surface area contributed by atoms with Crippen LogP contribution in [0.2, 0.25) is 10.0 Å². The fourth-order valence-electron chi connectivity index (χ4n) is 2.01. The average molecular weight is 341 g/mol. The molecule has 1 N–H and O–H groups in total. The van der Waals surface area contributed by atoms with Gasteiger partial charge in [-0.05, 0) is 37.1 Å². The highest BCUT2D eigenvalue weighted by molar-refractivity contribution is 6.32. The summed E-state index contributed by atoms with van der Waals surface area (Å²) >= 11 is 12.1. The molecule has 0 atom stereocenters. The van der Waals surface area contributed by atoms with Crippen LogP contribution in [0.3, 0.4) is 0 Å². The molecule has 0 aromatic heterocycles. The molecular formula is C17H18Cl2O3. The van der Waals surface area contributed by atoms with E-state index >= 15 is 0 Å². The van der Waals surface area contributed by atoms with Crippen molar-refractivity contribution in [3.8, 4) is 11.5 Å². The maximum atomic E-state index is 10.00. The normalized spacial score (nSPS) is 10.8. The zero-order chi connectivity index (χ0) is 16.1. The van der Waals surface area contributed by atoms with Gasteiger partial charge in [-0.25, -0.2) is 0 Å². The van der Waals surface area contributed by atoms with E-state index in [9.17, 15) is 5.11 Å². The van der Waals surface area contributed by atoms with Crippen molar-refractivity contribution < 1.29 is 14.6 Å². The van der Waals surface area contributed by atoms with Crippen molar-refractivity contribution >= 4 is 23.2 Å². The maximum Gasteiger partial charge on any atom is 0.140 e. The molecule has 3 nitrogen and oxygen atoms in total. The van der Waals surface area contributed by atoms with E-state index in [1.165, 1.54) is 0 Å². The van der Waals surface area contributed by atoms with Crippen LogP contribution in [0.4, 0.5) is 0 Å². The predicted octanol–water partition coefficient (Wildman–Crippen LogP) is 4.43. The van der Waals surface area contributed by atoms with Gasteiger partial charge >= 0.3 is 0 Å². The topological polar surface area (TPSA) is 38.7 Å². The SMILES string of the molecule is Cc1cccc(Cl)c1OCC(O)COc1c(C)cccc1Cl. The standard InChI is InChI=1S/C17H18Cl2O3/c1-11-5-3-7-14(18)16(11)21-9-13(20)10-22-17-12(2)6-4-8-15(17)19/h3-8,13,20H,9-10H2,1-2H3. The molecule has 0 saturated carbocycles. The van der Waals surface area contributed by atoms with Crippen LogP contribution in [0.1, 0.15) is 11.1 Å². The van der Waals surface area contributed by atoms with Gasteiger partial charge in [-0.15, -0.1) is 0 Å². The van der Waals surface area contributed by atoms with Crippen LogP contribution in [-0.2, 0) is 0 Å². The van der Waals surface area contributed by atoms with E-state index in [1.807, 2.05) is 38.1 Å². The van der Waals surface area contributed by atoms with Crippen molar-refractivity contribution in [2.24, 2.45) is 0 Å². The first kappa shape index (κ1) is 16.9. The summed E-state index contributed by atoms with van der Waals surface area (Å²) in [6, 6.07) is 11.0. The Labute approximate surface area is 140 Å². The summed E-state index contributed by atoms with van der Waals surface area (Å²) < 4.78 is 11.2. The van der Waals surface area contributed by atoms with Gasteiger partial charge in [0.05, 0.1) is 10.0 Å². The van der Waals surface area contributed by atoms with Crippen molar-refractivity contribution in [1.29, 1.82) is 0 Å². The van der Waals surface area contributed by atoms with E-state index in [0.29, 0.717) is 21.5 Å². The van der Waals surface area contributed by atoms with Crippen LogP contribution < -0.4 is 9.47 Å². The second kappa shape index (κ2) is 7.73. The van der Waals surface area contributed by atoms with Crippen molar-refractivity contribution in [2.45, 2.75) is 20.0 Å². The number of hydrogen-bond acceptors (Lipinski definition) is 3. The summed E-state index contributed by atoms with van der Waals surface area (Å²) in [5.41, 5.74) is 1.84. The lowest BCUT2D eigenvalue weighted by Crippen LogP contribution is -2.25. The van der Waals surface area contributed by atoms with E-state index in [4.69, 9.17) is 32.7 Å². The van der Waals surface area contributed by atoms with Gasteiger partial charge in [0.15, 0.2) is 0 Å². The molecule has 2 aromatic rings. The minimum Gasteiger partial charge on any atom is -0.489 e. The summed E-state index contributed by atoms with van der Waals surface area (Å²) in [6.45, 7) is 3.98. The zero-order valence-electron chi connectivity index (χ0n) is 12.5. The molecule has 0 amide bonds. The Morgan fingerprint density at radius 2 is 1.27 bits per heavy atom. The van der Waals surface area contributed by atoms with Gasteiger partial charge in [0.1, 0.15) is 30.8 Å². The van der Waals surface area contributed by atoms with E-state index in [2.05, 4.69) is 0 Å². The Bertz CT molecular complexity index is 548. The monoisotopic (exact) mass is 340 g/mol. The largest absolute Gasteiger partial charge is 0.489 e. The number of hydrogen-bond donors (Lipinski definition) is 1. The summed E-state index contributed by atoms with van der Waals surface area (Å²) in [5.74, 6) is 1.16. The first-order valence-electron chi connectivity index (χ1n) is 6.93. The zero-order valence-corrected chi connectivity index (χ0v) is 14.0. The Morgan fingerprint density at radius 1 is 0.864 bits per heavy atom. The molecule has 0 aliphatic heterocycles. The lowest BCUT2D eigenvalue weighted by atomic mass is 10.2. The minimum absolute atomic E-state index is 0.0913. The molecule has 0 saturated heterocycles. The lowest BCUT2D eigenvalue weighted by molar-refractivity contribution is 0.0622. The number of para-hydroxylation sites is 2. The van der Waals surface area contributed by atoms with Gasteiger partial charge in [-0.3, -0.25) is 0 Å². The first-order valence-corrected chi connectivity index (χ1v) is 7.68. The highest BCUT2D eigenvalue weighted by Crippen LogP contribution is 2.29. The quantitative estimate of drug-likeness (QED) is 0.845. The van der Waals surface area contributed by atoms with Gasteiger partial charge in [0.2, 0.25) is 0 Å². The summed E-state index contributed by atoms with van der Waals surface area (Å²) in [6.07, 6.45) is -0.786. The van der Waals surface area contributed by atoms with Gasteiger partial charge in [0.25, 0.3) is 0 Å². The number of benzene rings is 2.